The van der Waals surface area contributed by atoms with E-state index in [0.29, 0.717) is 207 Å². The van der Waals surface area contributed by atoms with Crippen molar-refractivity contribution in [2.75, 3.05) is 132 Å². The Labute approximate surface area is 891 Å². The van der Waals surface area contributed by atoms with Crippen molar-refractivity contribution >= 4 is 53.3 Å². The maximum atomic E-state index is 12.0. The van der Waals surface area contributed by atoms with Gasteiger partial charge in [-0.15, -0.1) is 0 Å². The minimum atomic E-state index is -1.53. The maximum Gasteiger partial charge on any atom is 0.317 e. The highest BCUT2D eigenvalue weighted by atomic mass is 28.4. The fourth-order valence-electron chi connectivity index (χ4n) is 23.1. The molecule has 0 N–H and O–H groups in total. The Bertz CT molecular complexity index is 4400. The highest BCUT2D eigenvalue weighted by molar-refractivity contribution is 6.84. The van der Waals surface area contributed by atoms with Crippen LogP contribution < -0.4 is 18.9 Å². The molecule has 0 aromatic heterocycles. The van der Waals surface area contributed by atoms with Gasteiger partial charge in [-0.1, -0.05) is 89.6 Å². The molecule has 0 bridgehead atoms. The van der Waals surface area contributed by atoms with E-state index in [9.17, 15) is 14.4 Å². The van der Waals surface area contributed by atoms with Crippen molar-refractivity contribution in [1.29, 1.82) is 0 Å². The van der Waals surface area contributed by atoms with Crippen LogP contribution in [-0.4, -0.2) is 314 Å². The van der Waals surface area contributed by atoms with Gasteiger partial charge in [0, 0.05) is 17.3 Å². The zero-order valence-corrected chi connectivity index (χ0v) is 93.5. The summed E-state index contributed by atoms with van der Waals surface area (Å²) in [7, 11) is -3.39. The first kappa shape index (κ1) is 113. The average molecular weight is 2150 g/mol. The van der Waals surface area contributed by atoms with E-state index in [1.165, 1.54) is 117 Å². The van der Waals surface area contributed by atoms with Crippen LogP contribution in [0.3, 0.4) is 0 Å². The largest absolute Gasteiger partial charge is 0.491 e. The van der Waals surface area contributed by atoms with Gasteiger partial charge in [0.25, 0.3) is 0 Å². The second kappa shape index (κ2) is 52.8. The molecule has 28 unspecified atom stereocenters. The molecular formula is C116H176O29Si4. The minimum absolute atomic E-state index is 0. The van der Waals surface area contributed by atoms with Crippen molar-refractivity contribution in [3.63, 3.8) is 0 Å². The number of carbonyl (C=O) groups excluding carboxylic acids is 3. The smallest absolute Gasteiger partial charge is 0.317 e. The Kier molecular flexibility index (Phi) is 40.2. The molecule has 830 valence electrons. The summed E-state index contributed by atoms with van der Waals surface area (Å²) in [5.74, 6) is 6.43. The Morgan fingerprint density at radius 2 is 0.564 bits per heavy atom. The maximum absolute atomic E-state index is 12.0. The molecule has 4 aromatic carbocycles. The molecular weight excluding hydrogens is 1970 g/mol. The molecule has 14 saturated heterocycles. The number of esters is 3. The molecule has 14 heterocycles. The zero-order chi connectivity index (χ0) is 101. The van der Waals surface area contributed by atoms with Crippen LogP contribution in [0.4, 0.5) is 0 Å². The minimum Gasteiger partial charge on any atom is -0.491 e. The molecule has 149 heavy (non-hydrogen) atoms. The molecule has 14 aliphatic heterocycles. The van der Waals surface area contributed by atoms with Gasteiger partial charge >= 0.3 is 17.9 Å². The van der Waals surface area contributed by atoms with E-state index in [-0.39, 0.29) is 74.8 Å². The summed E-state index contributed by atoms with van der Waals surface area (Å²) >= 11 is 0. The Morgan fingerprint density at radius 1 is 0.315 bits per heavy atom. The van der Waals surface area contributed by atoms with Gasteiger partial charge in [-0.05, 0) is 305 Å². The molecule has 7 aliphatic carbocycles. The van der Waals surface area contributed by atoms with Gasteiger partial charge in [-0.25, -0.2) is 0 Å². The molecule has 33 heteroatoms. The van der Waals surface area contributed by atoms with Crippen LogP contribution in [-0.2, 0) is 117 Å². The number of carbonyl (C=O) groups is 3. The second-order valence-corrected chi connectivity index (χ2v) is 62.5. The number of fused-ring (bicyclic) bond motifs is 7. The molecule has 28 atom stereocenters. The topological polar surface area (TPSA) is 337 Å². The molecule has 25 rings (SSSR count). The number of benzene rings is 4. The van der Waals surface area contributed by atoms with Crippen molar-refractivity contribution in [3.8, 4) is 23.0 Å². The predicted octanol–water partition coefficient (Wildman–Crippen LogP) is 17.7. The third-order valence-electron chi connectivity index (χ3n) is 34.0. The summed E-state index contributed by atoms with van der Waals surface area (Å²) in [6.45, 7) is 29.8. The van der Waals surface area contributed by atoms with E-state index >= 15 is 0 Å². The first-order valence-electron chi connectivity index (χ1n) is 56.7. The molecule has 4 aromatic rings. The van der Waals surface area contributed by atoms with Gasteiger partial charge in [0.15, 0.2) is 25.0 Å². The van der Waals surface area contributed by atoms with E-state index in [2.05, 4.69) is 143 Å². The lowest BCUT2D eigenvalue weighted by Gasteiger charge is -2.36. The highest BCUT2D eigenvalue weighted by Gasteiger charge is 2.52. The first-order chi connectivity index (χ1) is 71.4. The number of epoxide rings is 14. The van der Waals surface area contributed by atoms with Crippen molar-refractivity contribution in [2.24, 2.45) is 46.8 Å². The monoisotopic (exact) mass is 2150 g/mol. The molecule has 7 saturated carbocycles. The Morgan fingerprint density at radius 3 is 0.826 bits per heavy atom. The number of hydrogen-bond donors (Lipinski definition) is 0. The van der Waals surface area contributed by atoms with Crippen LogP contribution in [0, 0.1) is 46.8 Å². The lowest BCUT2D eigenvalue weighted by Crippen LogP contribution is -2.44. The van der Waals surface area contributed by atoms with E-state index in [1.54, 1.807) is 0 Å². The Balaban J connectivity index is 0.000000122. The van der Waals surface area contributed by atoms with Crippen LogP contribution in [0.15, 0.2) is 97.1 Å². The summed E-state index contributed by atoms with van der Waals surface area (Å²) in [5.41, 5.74) is 4.61. The Hall–Kier alpha value is -5.40. The summed E-state index contributed by atoms with van der Waals surface area (Å²) < 4.78 is 146. The van der Waals surface area contributed by atoms with Gasteiger partial charge < -0.3 is 122 Å². The van der Waals surface area contributed by atoms with Crippen LogP contribution in [0.25, 0.3) is 0 Å². The van der Waals surface area contributed by atoms with E-state index in [1.807, 2.05) is 0 Å². The van der Waals surface area contributed by atoms with Crippen molar-refractivity contribution in [2.45, 2.75) is 386 Å². The van der Waals surface area contributed by atoms with E-state index < -0.39 is 36.9 Å². The van der Waals surface area contributed by atoms with Gasteiger partial charge in [-0.3, -0.25) is 14.4 Å². The summed E-state index contributed by atoms with van der Waals surface area (Å²) in [6.07, 6.45) is 38.2. The normalized spacial score (nSPS) is 34.3. The van der Waals surface area contributed by atoms with Gasteiger partial charge in [0.2, 0.25) is 0 Å². The fourth-order valence-corrected chi connectivity index (χ4v) is 34.1. The summed E-state index contributed by atoms with van der Waals surface area (Å²) in [5, 5.41) is 0. The van der Waals surface area contributed by atoms with Gasteiger partial charge in [0.1, 0.15) is 109 Å². The molecule has 21 fully saturated rings. The SMILES string of the molecule is C.C.CCC(COCC1CO1)(COCC1CO1)COCC1CO1.C[Si](C)(CCC1CCC2OC2C1)O[SiH3].C[Si](C)(CCC1CCC2OC2C1)O[Si](C)(C)CCC1CCC2OC2C1.O=C(CC(=O)OCC1CCC2OC2C1)OCC1CCC2OC2C1.O=C(OCC1CCC2OC2C1)C1CCC2OC2C1.c1cc(C(c2ccc(OCC3CO3)cc2)C(c2ccc(OCC3CO3)cc2)c2ccc(OCC3CO3)cc2)ccc1OCC1CO1. The average Bonchev–Trinajstić information content (AvgIpc) is 1.31. The van der Waals surface area contributed by atoms with Crippen LogP contribution in [0.2, 0.25) is 57.4 Å². The molecule has 0 spiro atoms. The summed E-state index contributed by atoms with van der Waals surface area (Å²) in [4.78, 5) is 35.4. The predicted molar refractivity (Wildman–Crippen MR) is 571 cm³/mol. The number of rotatable bonds is 51. The summed E-state index contributed by atoms with van der Waals surface area (Å²) in [6, 6.07) is 37.9. The van der Waals surface area contributed by atoms with Crippen LogP contribution in [0.1, 0.15) is 223 Å². The molecule has 29 nitrogen and oxygen atoms in total. The van der Waals surface area contributed by atoms with Crippen LogP contribution in [0.5, 0.6) is 23.0 Å². The molecule has 0 amide bonds. The number of ether oxygens (including phenoxy) is 24. The van der Waals surface area contributed by atoms with Crippen molar-refractivity contribution in [1.82, 2.24) is 0 Å². The zero-order valence-electron chi connectivity index (χ0n) is 88.5. The van der Waals surface area contributed by atoms with Gasteiger partial charge in [0.05, 0.1) is 197 Å². The van der Waals surface area contributed by atoms with Crippen LogP contribution >= 0.6 is 0 Å². The van der Waals surface area contributed by atoms with Crippen molar-refractivity contribution < 1.29 is 136 Å². The third-order valence-corrected chi connectivity index (χ3v) is 47.3. The van der Waals surface area contributed by atoms with Gasteiger partial charge in [-0.2, -0.15) is 0 Å². The highest BCUT2D eigenvalue weighted by Crippen LogP contribution is 2.50. The third kappa shape index (κ3) is 37.4. The van der Waals surface area contributed by atoms with Crippen molar-refractivity contribution in [3.05, 3.63) is 119 Å². The quantitative estimate of drug-likeness (QED) is 0.0130. The van der Waals surface area contributed by atoms with E-state index in [0.717, 1.165) is 181 Å². The fraction of sp³-hybridized carbons (Fsp3) is 0.767. The van der Waals surface area contributed by atoms with E-state index in [4.69, 9.17) is 122 Å². The molecule has 0 radical (unpaired) electrons. The number of hydrogen-bond acceptors (Lipinski definition) is 29. The standard InChI is InChI=1S/C38H38O8.C20H38O3Si2.C17H24O6.C15H26O6.C14H20O4.C10H22O2Si2.2CH4/c1-9-29(39-17-33-21-43-33)10-2-25(1)37(26-3-11-30(12-4-26)40-18-34-22-44-34)38(27-5-13-31(14-6-27)41-19-35-23-45-35)28-7-15-32(16-8-28)42-20-36-24-46-36;1-24(2,11-9-15-5-7-17-19(13-15)21-17)23-25(3,4)12-10-16-6-8-18-20(14-16)22-18;18-16(20-8-10-1-3-12-14(5-10)22-12)7-17(19)21-9-11-2-4-13-15(6-11)23-13;1-2-15(9-16-3-12-6-19-12,10-17-4-13-7-20-13)11-18-5-14-8-21-14;15-14(9-2-4-11-13(6-9)18-11)16-7-8-1-3-10-12(5-8)17-10;1-14(2,12-13)6-5-8-3-4-9-10(7-8)11-9;;/h1-16,33-38H,17-24H2;15-20H,5-14H2,1-4H3;10-15H,1-9H2;12-14H,2-11H2,1H3;8-13H,1-7H2;8-10H,3-7H2,1-2,13H3;2*1H4. The molecule has 21 aliphatic rings. The lowest BCUT2D eigenvalue weighted by molar-refractivity contribution is -0.156. The first-order valence-corrected chi connectivity index (χ1v) is 66.8. The lowest BCUT2D eigenvalue weighted by atomic mass is 9.73. The second-order valence-electron chi connectivity index (χ2n) is 48.0.